The molecule has 1 aromatic carbocycles. The van der Waals surface area contributed by atoms with Crippen LogP contribution in [-0.2, 0) is 13.9 Å². The molecule has 0 fully saturated rings. The van der Waals surface area contributed by atoms with Gasteiger partial charge in [0.25, 0.3) is 5.90 Å². The van der Waals surface area contributed by atoms with Gasteiger partial charge < -0.3 is 14.3 Å². The first-order valence-corrected chi connectivity index (χ1v) is 8.30. The topological polar surface area (TPSA) is 68.1 Å². The highest BCUT2D eigenvalue weighted by Crippen LogP contribution is 2.57. The number of nitrogens with zero attached hydrogens (tertiary/aromatic N) is 1. The van der Waals surface area contributed by atoms with Crippen LogP contribution in [0.1, 0.15) is 39.7 Å². The Morgan fingerprint density at radius 2 is 2.00 bits per heavy atom. The lowest BCUT2D eigenvalue weighted by molar-refractivity contribution is 0.152. The van der Waals surface area contributed by atoms with Crippen LogP contribution in [0.25, 0.3) is 0 Å². The molecule has 0 spiro atoms. The lowest BCUT2D eigenvalue weighted by Gasteiger charge is -2.28. The summed E-state index contributed by atoms with van der Waals surface area (Å²) < 4.78 is 31.4. The van der Waals surface area contributed by atoms with Gasteiger partial charge in [-0.3, -0.25) is 0 Å². The van der Waals surface area contributed by atoms with Crippen molar-refractivity contribution in [3.8, 4) is 0 Å². The number of benzene rings is 1. The lowest BCUT2D eigenvalue weighted by atomic mass is 10.1. The van der Waals surface area contributed by atoms with Gasteiger partial charge in [-0.05, 0) is 44.5 Å². The molecule has 1 unspecified atom stereocenters. The highest BCUT2D eigenvalue weighted by molar-refractivity contribution is 7.55. The maximum absolute atomic E-state index is 13.8. The van der Waals surface area contributed by atoms with Crippen molar-refractivity contribution in [2.45, 2.75) is 39.3 Å². The maximum atomic E-state index is 13.8. The Morgan fingerprint density at radius 3 is 2.52 bits per heavy atom. The zero-order valence-electron chi connectivity index (χ0n) is 12.7. The Kier molecular flexibility index (Phi) is 5.93. The highest BCUT2D eigenvalue weighted by Gasteiger charge is 2.42. The van der Waals surface area contributed by atoms with Crippen molar-refractivity contribution in [3.63, 3.8) is 0 Å². The van der Waals surface area contributed by atoms with Gasteiger partial charge in [0.05, 0.1) is 10.7 Å². The monoisotopic (exact) mass is 317 g/mol. The minimum atomic E-state index is -4.05. The fourth-order valence-corrected chi connectivity index (χ4v) is 2.33. The molecule has 0 aliphatic carbocycles. The van der Waals surface area contributed by atoms with E-state index in [0.717, 1.165) is 0 Å². The van der Waals surface area contributed by atoms with Gasteiger partial charge in [0.15, 0.2) is 0 Å². The van der Waals surface area contributed by atoms with E-state index in [2.05, 4.69) is 5.16 Å². The van der Waals surface area contributed by atoms with Gasteiger partial charge in [-0.25, -0.2) is 8.96 Å². The lowest BCUT2D eigenvalue weighted by Crippen LogP contribution is -2.23. The zero-order valence-corrected chi connectivity index (χ0v) is 13.6. The number of halogens is 1. The molecule has 0 radical (unpaired) electrons. The van der Waals surface area contributed by atoms with Crippen LogP contribution in [0.3, 0.4) is 0 Å². The van der Waals surface area contributed by atoms with Crippen molar-refractivity contribution in [3.05, 3.63) is 35.6 Å². The normalized spacial score (nSPS) is 15.4. The number of rotatable bonds is 6. The standard InChI is InChI=1S/C14H21FNO4P/c1-5-14(3,4)21(17,18)20-13(16-19-6-2)11-9-7-8-10-12(11)15/h7-10H,5-6H2,1-4H3,(H,17,18). The van der Waals surface area contributed by atoms with Crippen LogP contribution in [0.5, 0.6) is 0 Å². The fourth-order valence-electron chi connectivity index (χ4n) is 1.31. The first-order chi connectivity index (χ1) is 9.75. The van der Waals surface area contributed by atoms with Gasteiger partial charge >= 0.3 is 7.60 Å². The van der Waals surface area contributed by atoms with Crippen LogP contribution in [0.4, 0.5) is 4.39 Å². The number of oxime groups is 1. The van der Waals surface area contributed by atoms with Gasteiger partial charge in [-0.2, -0.15) is 0 Å². The molecule has 0 aromatic heterocycles. The molecule has 0 amide bonds. The SMILES string of the molecule is CCON=C(OP(=O)(O)C(C)(C)CC)c1ccccc1F. The van der Waals surface area contributed by atoms with Crippen LogP contribution >= 0.6 is 7.60 Å². The Balaban J connectivity index is 3.18. The summed E-state index contributed by atoms with van der Waals surface area (Å²) in [5, 5.41) is 2.65. The Bertz CT molecular complexity index is 560. The average molecular weight is 317 g/mol. The summed E-state index contributed by atoms with van der Waals surface area (Å²) in [6.45, 7) is 6.90. The van der Waals surface area contributed by atoms with Crippen molar-refractivity contribution in [2.24, 2.45) is 5.16 Å². The number of hydrogen-bond donors (Lipinski definition) is 1. The summed E-state index contributed by atoms with van der Waals surface area (Å²) in [7, 11) is -4.05. The highest BCUT2D eigenvalue weighted by atomic mass is 31.2. The molecule has 0 saturated carbocycles. The molecule has 1 N–H and O–H groups in total. The van der Waals surface area contributed by atoms with Crippen molar-refractivity contribution >= 4 is 13.5 Å². The molecule has 21 heavy (non-hydrogen) atoms. The van der Waals surface area contributed by atoms with Crippen LogP contribution in [0.2, 0.25) is 0 Å². The Labute approximate surface area is 124 Å². The fraction of sp³-hybridized carbons (Fsp3) is 0.500. The van der Waals surface area contributed by atoms with Crippen LogP contribution < -0.4 is 0 Å². The molecular weight excluding hydrogens is 296 g/mol. The zero-order chi connectivity index (χ0) is 16.1. The van der Waals surface area contributed by atoms with E-state index in [4.69, 9.17) is 9.36 Å². The van der Waals surface area contributed by atoms with E-state index in [9.17, 15) is 13.8 Å². The second-order valence-corrected chi connectivity index (χ2v) is 7.51. The molecule has 1 rings (SSSR count). The summed E-state index contributed by atoms with van der Waals surface area (Å²) in [5.74, 6) is -0.937. The summed E-state index contributed by atoms with van der Waals surface area (Å²) >= 11 is 0. The number of hydrogen-bond acceptors (Lipinski definition) is 4. The van der Waals surface area contributed by atoms with E-state index in [-0.39, 0.29) is 18.1 Å². The summed E-state index contributed by atoms with van der Waals surface area (Å²) in [5.41, 5.74) is -0.0212. The van der Waals surface area contributed by atoms with Gasteiger partial charge in [0, 0.05) is 0 Å². The van der Waals surface area contributed by atoms with E-state index < -0.39 is 18.6 Å². The maximum Gasteiger partial charge on any atom is 0.383 e. The van der Waals surface area contributed by atoms with Crippen molar-refractivity contribution in [2.75, 3.05) is 6.61 Å². The van der Waals surface area contributed by atoms with Crippen molar-refractivity contribution < 1.29 is 23.2 Å². The smallest absolute Gasteiger partial charge is 0.383 e. The third-order valence-electron chi connectivity index (χ3n) is 3.22. The first kappa shape index (κ1) is 17.7. The molecule has 7 heteroatoms. The summed E-state index contributed by atoms with van der Waals surface area (Å²) in [4.78, 5) is 15.0. The molecule has 1 atom stereocenters. The van der Waals surface area contributed by atoms with E-state index in [0.29, 0.717) is 6.42 Å². The van der Waals surface area contributed by atoms with E-state index in [1.807, 2.05) is 0 Å². The van der Waals surface area contributed by atoms with Gasteiger partial charge in [0.1, 0.15) is 12.4 Å². The van der Waals surface area contributed by atoms with Crippen molar-refractivity contribution in [1.29, 1.82) is 0 Å². The van der Waals surface area contributed by atoms with Gasteiger partial charge in [0.2, 0.25) is 0 Å². The quantitative estimate of drug-likeness (QED) is 0.374. The van der Waals surface area contributed by atoms with E-state index >= 15 is 0 Å². The molecule has 0 saturated heterocycles. The second kappa shape index (κ2) is 7.05. The van der Waals surface area contributed by atoms with Crippen LogP contribution in [0.15, 0.2) is 29.4 Å². The largest absolute Gasteiger partial charge is 0.402 e. The van der Waals surface area contributed by atoms with Crippen LogP contribution in [0, 0.1) is 5.82 Å². The molecule has 5 nitrogen and oxygen atoms in total. The third kappa shape index (κ3) is 4.29. The molecule has 0 bridgehead atoms. The third-order valence-corrected chi connectivity index (χ3v) is 5.49. The molecule has 0 aliphatic heterocycles. The van der Waals surface area contributed by atoms with Crippen LogP contribution in [-0.4, -0.2) is 22.6 Å². The Morgan fingerprint density at radius 1 is 1.38 bits per heavy atom. The summed E-state index contributed by atoms with van der Waals surface area (Å²) in [6.07, 6.45) is 0.417. The first-order valence-electron chi connectivity index (χ1n) is 6.72. The minimum absolute atomic E-state index is 0.0212. The molecule has 1 aromatic rings. The predicted molar refractivity (Wildman–Crippen MR) is 79.8 cm³/mol. The van der Waals surface area contributed by atoms with E-state index in [1.165, 1.54) is 18.2 Å². The molecular formula is C14H21FNO4P. The Hall–Kier alpha value is -1.39. The second-order valence-electron chi connectivity index (χ2n) is 5.07. The van der Waals surface area contributed by atoms with Gasteiger partial charge in [-0.1, -0.05) is 19.1 Å². The van der Waals surface area contributed by atoms with Crippen molar-refractivity contribution in [1.82, 2.24) is 0 Å². The predicted octanol–water partition coefficient (Wildman–Crippen LogP) is 3.91. The minimum Gasteiger partial charge on any atom is -0.402 e. The molecule has 118 valence electrons. The van der Waals surface area contributed by atoms with Gasteiger partial charge in [-0.15, -0.1) is 0 Å². The van der Waals surface area contributed by atoms with E-state index in [1.54, 1.807) is 33.8 Å². The average Bonchev–Trinajstić information content (AvgIpc) is 2.43. The molecule has 0 heterocycles. The molecule has 0 aliphatic rings. The summed E-state index contributed by atoms with van der Waals surface area (Å²) in [6, 6.07) is 5.71.